The third kappa shape index (κ3) is 4.17. The van der Waals surface area contributed by atoms with Crippen LogP contribution in [-0.4, -0.2) is 16.9 Å². The standard InChI is InChI=1S/C14H16N2O4/c17-14(15-20-13-6-1-2-7-13)9-8-11-4-3-5-12(10-11)16(18)19/h3-5,8-10,13H,1-2,6-7H2,(H,15,17)/b9-8+. The molecular formula is C14H16N2O4. The molecule has 1 aliphatic rings. The van der Waals surface area contributed by atoms with Crippen molar-refractivity contribution in [1.29, 1.82) is 0 Å². The Morgan fingerprint density at radius 3 is 2.85 bits per heavy atom. The van der Waals surface area contributed by atoms with Crippen molar-refractivity contribution in [1.82, 2.24) is 5.48 Å². The largest absolute Gasteiger partial charge is 0.270 e. The summed E-state index contributed by atoms with van der Waals surface area (Å²) in [6, 6.07) is 6.07. The molecule has 0 bridgehead atoms. The summed E-state index contributed by atoms with van der Waals surface area (Å²) in [6.45, 7) is 0. The van der Waals surface area contributed by atoms with Gasteiger partial charge in [-0.15, -0.1) is 0 Å². The van der Waals surface area contributed by atoms with Crippen molar-refractivity contribution in [2.45, 2.75) is 31.8 Å². The summed E-state index contributed by atoms with van der Waals surface area (Å²) in [5.74, 6) is -0.372. The lowest BCUT2D eigenvalue weighted by Gasteiger charge is -2.09. The summed E-state index contributed by atoms with van der Waals surface area (Å²) >= 11 is 0. The molecule has 0 aromatic heterocycles. The Kier molecular flexibility index (Phi) is 4.84. The number of non-ortho nitro benzene ring substituents is 1. The molecule has 1 aliphatic carbocycles. The number of amides is 1. The van der Waals surface area contributed by atoms with E-state index in [2.05, 4.69) is 5.48 Å². The highest BCUT2D eigenvalue weighted by molar-refractivity contribution is 5.91. The van der Waals surface area contributed by atoms with Crippen LogP contribution in [0.5, 0.6) is 0 Å². The van der Waals surface area contributed by atoms with E-state index in [1.807, 2.05) is 0 Å². The molecule has 0 heterocycles. The fraction of sp³-hybridized carbons (Fsp3) is 0.357. The Morgan fingerprint density at radius 2 is 2.15 bits per heavy atom. The summed E-state index contributed by atoms with van der Waals surface area (Å²) < 4.78 is 0. The number of carbonyl (C=O) groups excluding carboxylic acids is 1. The Labute approximate surface area is 116 Å². The molecule has 1 fully saturated rings. The third-order valence-corrected chi connectivity index (χ3v) is 3.14. The van der Waals surface area contributed by atoms with Gasteiger partial charge in [0.1, 0.15) is 0 Å². The number of hydrogen-bond donors (Lipinski definition) is 1. The maximum absolute atomic E-state index is 11.5. The van der Waals surface area contributed by atoms with Gasteiger partial charge < -0.3 is 0 Å². The molecule has 1 aromatic rings. The Balaban J connectivity index is 1.86. The summed E-state index contributed by atoms with van der Waals surface area (Å²) in [5, 5.41) is 10.6. The second-order valence-corrected chi connectivity index (χ2v) is 4.68. The molecule has 1 saturated carbocycles. The van der Waals surface area contributed by atoms with Crippen molar-refractivity contribution in [3.63, 3.8) is 0 Å². The predicted molar refractivity (Wildman–Crippen MR) is 73.6 cm³/mol. The topological polar surface area (TPSA) is 81.5 Å². The van der Waals surface area contributed by atoms with Gasteiger partial charge in [0.15, 0.2) is 0 Å². The van der Waals surface area contributed by atoms with Gasteiger partial charge in [0.05, 0.1) is 11.0 Å². The molecule has 0 atom stereocenters. The zero-order chi connectivity index (χ0) is 14.4. The van der Waals surface area contributed by atoms with Crippen LogP contribution in [0.4, 0.5) is 5.69 Å². The molecule has 1 amide bonds. The van der Waals surface area contributed by atoms with Gasteiger partial charge in [-0.25, -0.2) is 5.48 Å². The SMILES string of the molecule is O=C(/C=C/c1cccc([N+](=O)[O-])c1)NOC1CCCC1. The Morgan fingerprint density at radius 1 is 1.40 bits per heavy atom. The molecule has 20 heavy (non-hydrogen) atoms. The molecule has 0 saturated heterocycles. The zero-order valence-electron chi connectivity index (χ0n) is 11.0. The lowest BCUT2D eigenvalue weighted by molar-refractivity contribution is -0.384. The number of nitro benzene ring substituents is 1. The van der Waals surface area contributed by atoms with Gasteiger partial charge in [-0.3, -0.25) is 19.7 Å². The second kappa shape index (κ2) is 6.81. The Bertz CT molecular complexity index is 522. The van der Waals surface area contributed by atoms with Crippen molar-refractivity contribution in [2.24, 2.45) is 0 Å². The van der Waals surface area contributed by atoms with Crippen molar-refractivity contribution in [3.05, 3.63) is 46.0 Å². The molecule has 106 valence electrons. The molecule has 1 N–H and O–H groups in total. The van der Waals surface area contributed by atoms with Crippen LogP contribution in [0.2, 0.25) is 0 Å². The lowest BCUT2D eigenvalue weighted by atomic mass is 10.2. The van der Waals surface area contributed by atoms with E-state index in [-0.39, 0.29) is 17.7 Å². The van der Waals surface area contributed by atoms with E-state index >= 15 is 0 Å². The smallest absolute Gasteiger partial charge is 0.270 e. The van der Waals surface area contributed by atoms with Crippen molar-refractivity contribution < 1.29 is 14.6 Å². The quantitative estimate of drug-likeness (QED) is 0.509. The summed E-state index contributed by atoms with van der Waals surface area (Å²) in [7, 11) is 0. The van der Waals surface area contributed by atoms with Gasteiger partial charge in [-0.2, -0.15) is 0 Å². The first-order chi connectivity index (χ1) is 9.65. The van der Waals surface area contributed by atoms with Crippen LogP contribution < -0.4 is 5.48 Å². The van der Waals surface area contributed by atoms with E-state index in [9.17, 15) is 14.9 Å². The molecule has 1 aromatic carbocycles. The number of hydrogen-bond acceptors (Lipinski definition) is 4. The van der Waals surface area contributed by atoms with Crippen LogP contribution in [0, 0.1) is 10.1 Å². The average Bonchev–Trinajstić information content (AvgIpc) is 2.96. The minimum absolute atomic E-state index is 0.00485. The van der Waals surface area contributed by atoms with Crippen molar-refractivity contribution in [2.75, 3.05) is 0 Å². The fourth-order valence-electron chi connectivity index (χ4n) is 2.10. The lowest BCUT2D eigenvalue weighted by Crippen LogP contribution is -2.26. The van der Waals surface area contributed by atoms with E-state index in [1.54, 1.807) is 12.1 Å². The van der Waals surface area contributed by atoms with E-state index in [4.69, 9.17) is 4.84 Å². The molecule has 0 spiro atoms. The predicted octanol–water partition coefficient (Wildman–Crippen LogP) is 2.60. The number of nitrogens with zero attached hydrogens (tertiary/aromatic N) is 1. The van der Waals surface area contributed by atoms with Crippen LogP contribution in [-0.2, 0) is 9.63 Å². The van der Waals surface area contributed by atoms with E-state index in [1.165, 1.54) is 24.3 Å². The maximum atomic E-state index is 11.5. The van der Waals surface area contributed by atoms with Gasteiger partial charge >= 0.3 is 0 Å². The van der Waals surface area contributed by atoms with Gasteiger partial charge in [0.2, 0.25) is 0 Å². The molecule has 0 unspecified atom stereocenters. The number of rotatable bonds is 5. The van der Waals surface area contributed by atoms with Crippen LogP contribution in [0.15, 0.2) is 30.3 Å². The molecule has 2 rings (SSSR count). The van der Waals surface area contributed by atoms with Gasteiger partial charge in [-0.05, 0) is 24.5 Å². The molecule has 0 aliphatic heterocycles. The number of nitro groups is 1. The highest BCUT2D eigenvalue weighted by Crippen LogP contribution is 2.19. The first kappa shape index (κ1) is 14.2. The van der Waals surface area contributed by atoms with Gasteiger partial charge in [0.25, 0.3) is 11.6 Å². The van der Waals surface area contributed by atoms with E-state index in [0.717, 1.165) is 25.7 Å². The average molecular weight is 276 g/mol. The number of nitrogens with one attached hydrogen (secondary N) is 1. The van der Waals surface area contributed by atoms with E-state index < -0.39 is 4.92 Å². The highest BCUT2D eigenvalue weighted by atomic mass is 16.7. The van der Waals surface area contributed by atoms with Gasteiger partial charge in [-0.1, -0.05) is 25.0 Å². The molecule has 0 radical (unpaired) electrons. The fourth-order valence-corrected chi connectivity index (χ4v) is 2.10. The van der Waals surface area contributed by atoms with Crippen LogP contribution in [0.3, 0.4) is 0 Å². The van der Waals surface area contributed by atoms with Gasteiger partial charge in [0, 0.05) is 18.2 Å². The summed E-state index contributed by atoms with van der Waals surface area (Å²) in [5.41, 5.74) is 2.96. The van der Waals surface area contributed by atoms with Crippen molar-refractivity contribution >= 4 is 17.7 Å². The molecular weight excluding hydrogens is 260 g/mol. The zero-order valence-corrected chi connectivity index (χ0v) is 11.0. The number of benzene rings is 1. The molecule has 6 nitrogen and oxygen atoms in total. The Hall–Kier alpha value is -2.21. The van der Waals surface area contributed by atoms with Crippen molar-refractivity contribution in [3.8, 4) is 0 Å². The molecule has 6 heteroatoms. The van der Waals surface area contributed by atoms with Crippen LogP contribution >= 0.6 is 0 Å². The third-order valence-electron chi connectivity index (χ3n) is 3.14. The number of carbonyl (C=O) groups is 1. The maximum Gasteiger partial charge on any atom is 0.270 e. The first-order valence-corrected chi connectivity index (χ1v) is 6.53. The minimum Gasteiger partial charge on any atom is -0.270 e. The van der Waals surface area contributed by atoms with Crippen LogP contribution in [0.25, 0.3) is 6.08 Å². The normalized spacial score (nSPS) is 15.6. The summed E-state index contributed by atoms with van der Waals surface area (Å²) in [4.78, 5) is 26.9. The summed E-state index contributed by atoms with van der Waals surface area (Å²) in [6.07, 6.45) is 7.11. The van der Waals surface area contributed by atoms with Crippen LogP contribution in [0.1, 0.15) is 31.2 Å². The first-order valence-electron chi connectivity index (χ1n) is 6.53. The highest BCUT2D eigenvalue weighted by Gasteiger charge is 2.16. The second-order valence-electron chi connectivity index (χ2n) is 4.68. The van der Waals surface area contributed by atoms with E-state index in [0.29, 0.717) is 5.56 Å². The monoisotopic (exact) mass is 276 g/mol. The minimum atomic E-state index is -0.472. The number of hydroxylamine groups is 1.